The van der Waals surface area contributed by atoms with Crippen molar-refractivity contribution in [1.82, 2.24) is 9.80 Å². The zero-order valence-corrected chi connectivity index (χ0v) is 13.6. The molecule has 0 bridgehead atoms. The van der Waals surface area contributed by atoms with Gasteiger partial charge in [-0.1, -0.05) is 17.7 Å². The molecule has 2 rings (SSSR count). The molecule has 1 aliphatic heterocycles. The Morgan fingerprint density at radius 2 is 1.81 bits per heavy atom. The SMILES string of the molecule is CS(=O)(=O)CCN1CCN(Cc2ccc(F)cc2Cl)CC1. The molecular weight excluding hydrogens is 315 g/mol. The number of hydrogen-bond acceptors (Lipinski definition) is 4. The Hall–Kier alpha value is -0.690. The Labute approximate surface area is 130 Å². The molecule has 0 atom stereocenters. The summed E-state index contributed by atoms with van der Waals surface area (Å²) in [5, 5.41) is 0.453. The molecule has 1 heterocycles. The van der Waals surface area contributed by atoms with Crippen molar-refractivity contribution >= 4 is 21.4 Å². The molecule has 21 heavy (non-hydrogen) atoms. The summed E-state index contributed by atoms with van der Waals surface area (Å²) in [5.74, 6) is -0.120. The van der Waals surface area contributed by atoms with Crippen LogP contribution in [0, 0.1) is 5.82 Å². The number of hydrogen-bond donors (Lipinski definition) is 0. The van der Waals surface area contributed by atoms with Gasteiger partial charge in [0.05, 0.1) is 5.75 Å². The number of sulfone groups is 1. The molecular formula is C14H20ClFN2O2S. The van der Waals surface area contributed by atoms with Gasteiger partial charge in [-0.25, -0.2) is 12.8 Å². The second kappa shape index (κ2) is 7.05. The van der Waals surface area contributed by atoms with Crippen LogP contribution in [-0.2, 0) is 16.4 Å². The average Bonchev–Trinajstić information content (AvgIpc) is 2.40. The van der Waals surface area contributed by atoms with Crippen molar-refractivity contribution in [2.24, 2.45) is 0 Å². The van der Waals surface area contributed by atoms with Gasteiger partial charge in [-0.05, 0) is 17.7 Å². The monoisotopic (exact) mass is 334 g/mol. The standard InChI is InChI=1S/C14H20ClFN2O2S/c1-21(19,20)9-8-17-4-6-18(7-5-17)11-12-2-3-13(16)10-14(12)15/h2-3,10H,4-9,11H2,1H3. The van der Waals surface area contributed by atoms with E-state index in [2.05, 4.69) is 9.80 Å². The van der Waals surface area contributed by atoms with Gasteiger partial charge in [-0.3, -0.25) is 9.80 Å². The van der Waals surface area contributed by atoms with E-state index >= 15 is 0 Å². The third kappa shape index (κ3) is 5.54. The number of piperazine rings is 1. The number of rotatable bonds is 5. The minimum Gasteiger partial charge on any atom is -0.300 e. The molecule has 4 nitrogen and oxygen atoms in total. The first-order valence-electron chi connectivity index (χ1n) is 6.90. The van der Waals surface area contributed by atoms with Crippen LogP contribution in [0.15, 0.2) is 18.2 Å². The first-order chi connectivity index (χ1) is 9.83. The molecule has 0 N–H and O–H groups in total. The van der Waals surface area contributed by atoms with E-state index in [-0.39, 0.29) is 11.6 Å². The van der Waals surface area contributed by atoms with Gasteiger partial charge in [0.25, 0.3) is 0 Å². The van der Waals surface area contributed by atoms with Crippen molar-refractivity contribution in [1.29, 1.82) is 0 Å². The topological polar surface area (TPSA) is 40.6 Å². The van der Waals surface area contributed by atoms with Gasteiger partial charge in [-0.2, -0.15) is 0 Å². The van der Waals surface area contributed by atoms with Crippen LogP contribution in [0.3, 0.4) is 0 Å². The lowest BCUT2D eigenvalue weighted by molar-refractivity contribution is 0.132. The molecule has 7 heteroatoms. The van der Waals surface area contributed by atoms with Crippen molar-refractivity contribution in [3.8, 4) is 0 Å². The fourth-order valence-corrected chi connectivity index (χ4v) is 3.17. The summed E-state index contributed by atoms with van der Waals surface area (Å²) in [7, 11) is -2.90. The molecule has 1 aliphatic rings. The fourth-order valence-electron chi connectivity index (χ4n) is 2.36. The molecule has 0 amide bonds. The molecule has 0 unspecified atom stereocenters. The van der Waals surface area contributed by atoms with Crippen LogP contribution < -0.4 is 0 Å². The maximum atomic E-state index is 13.0. The quantitative estimate of drug-likeness (QED) is 0.821. The van der Waals surface area contributed by atoms with Gasteiger partial charge in [0.15, 0.2) is 0 Å². The highest BCUT2D eigenvalue weighted by Crippen LogP contribution is 2.19. The molecule has 0 saturated carbocycles. The highest BCUT2D eigenvalue weighted by molar-refractivity contribution is 7.90. The maximum Gasteiger partial charge on any atom is 0.148 e. The van der Waals surface area contributed by atoms with Crippen molar-refractivity contribution in [2.75, 3.05) is 44.7 Å². The van der Waals surface area contributed by atoms with Gasteiger partial charge in [0, 0.05) is 50.5 Å². The summed E-state index contributed by atoms with van der Waals surface area (Å²) in [4.78, 5) is 4.40. The normalized spacial score (nSPS) is 18.0. The van der Waals surface area contributed by atoms with Crippen LogP contribution in [0.2, 0.25) is 5.02 Å². The molecule has 0 radical (unpaired) electrons. The third-order valence-corrected chi connectivity index (χ3v) is 4.93. The van der Waals surface area contributed by atoms with Crippen LogP contribution in [-0.4, -0.2) is 63.0 Å². The number of nitrogens with zero attached hydrogens (tertiary/aromatic N) is 2. The molecule has 0 spiro atoms. The van der Waals surface area contributed by atoms with Crippen LogP contribution in [0.25, 0.3) is 0 Å². The zero-order valence-electron chi connectivity index (χ0n) is 12.1. The maximum absolute atomic E-state index is 13.0. The molecule has 118 valence electrons. The summed E-state index contributed by atoms with van der Waals surface area (Å²) in [6.45, 7) is 4.68. The molecule has 1 aromatic rings. The third-order valence-electron chi connectivity index (χ3n) is 3.65. The predicted molar refractivity (Wildman–Crippen MR) is 82.8 cm³/mol. The van der Waals surface area contributed by atoms with Crippen LogP contribution in [0.4, 0.5) is 4.39 Å². The molecule has 1 aromatic carbocycles. The summed E-state index contributed by atoms with van der Waals surface area (Å²) in [6.07, 6.45) is 1.26. The highest BCUT2D eigenvalue weighted by Gasteiger charge is 2.18. The summed E-state index contributed by atoms with van der Waals surface area (Å²) in [5.41, 5.74) is 0.919. The minimum absolute atomic E-state index is 0.205. The van der Waals surface area contributed by atoms with E-state index in [1.165, 1.54) is 18.4 Å². The van der Waals surface area contributed by atoms with E-state index in [1.807, 2.05) is 0 Å². The second-order valence-corrected chi connectivity index (χ2v) is 8.15. The van der Waals surface area contributed by atoms with E-state index in [4.69, 9.17) is 11.6 Å². The van der Waals surface area contributed by atoms with E-state index in [9.17, 15) is 12.8 Å². The van der Waals surface area contributed by atoms with Crippen molar-refractivity contribution in [3.63, 3.8) is 0 Å². The average molecular weight is 335 g/mol. The minimum atomic E-state index is -2.90. The van der Waals surface area contributed by atoms with Gasteiger partial charge in [0.2, 0.25) is 0 Å². The lowest BCUT2D eigenvalue weighted by Crippen LogP contribution is -2.47. The van der Waals surface area contributed by atoms with E-state index in [0.29, 0.717) is 18.1 Å². The molecule has 0 aliphatic carbocycles. The van der Waals surface area contributed by atoms with Crippen LogP contribution in [0.5, 0.6) is 0 Å². The van der Waals surface area contributed by atoms with Gasteiger partial charge < -0.3 is 0 Å². The van der Waals surface area contributed by atoms with Crippen molar-refractivity contribution in [3.05, 3.63) is 34.6 Å². The Kier molecular flexibility index (Phi) is 5.60. The fraction of sp³-hybridized carbons (Fsp3) is 0.571. The molecule has 1 saturated heterocycles. The van der Waals surface area contributed by atoms with E-state index < -0.39 is 9.84 Å². The van der Waals surface area contributed by atoms with Gasteiger partial charge in [-0.15, -0.1) is 0 Å². The smallest absolute Gasteiger partial charge is 0.148 e. The lowest BCUT2D eigenvalue weighted by Gasteiger charge is -2.34. The molecule has 0 aromatic heterocycles. The van der Waals surface area contributed by atoms with E-state index in [1.54, 1.807) is 6.07 Å². The second-order valence-electron chi connectivity index (χ2n) is 5.48. The first-order valence-corrected chi connectivity index (χ1v) is 9.34. The van der Waals surface area contributed by atoms with Gasteiger partial charge >= 0.3 is 0 Å². The van der Waals surface area contributed by atoms with Crippen LogP contribution >= 0.6 is 11.6 Å². The van der Waals surface area contributed by atoms with Crippen molar-refractivity contribution < 1.29 is 12.8 Å². The Bertz CT molecular complexity index is 587. The Morgan fingerprint density at radius 1 is 1.19 bits per heavy atom. The van der Waals surface area contributed by atoms with Crippen molar-refractivity contribution in [2.45, 2.75) is 6.54 Å². The number of halogens is 2. The largest absolute Gasteiger partial charge is 0.300 e. The van der Waals surface area contributed by atoms with E-state index in [0.717, 1.165) is 31.7 Å². The Morgan fingerprint density at radius 3 is 2.38 bits per heavy atom. The Balaban J connectivity index is 1.81. The highest BCUT2D eigenvalue weighted by atomic mass is 35.5. The summed E-state index contributed by atoms with van der Waals surface area (Å²) >= 11 is 6.03. The first kappa shape index (κ1) is 16.7. The number of benzene rings is 1. The molecule has 1 fully saturated rings. The summed E-state index contributed by atoms with van der Waals surface area (Å²) in [6, 6.07) is 4.47. The summed E-state index contributed by atoms with van der Waals surface area (Å²) < 4.78 is 35.3. The predicted octanol–water partition coefficient (Wildman–Crippen LogP) is 1.64. The van der Waals surface area contributed by atoms with Crippen LogP contribution in [0.1, 0.15) is 5.56 Å². The van der Waals surface area contributed by atoms with Gasteiger partial charge in [0.1, 0.15) is 15.7 Å². The zero-order chi connectivity index (χ0) is 15.5. The lowest BCUT2D eigenvalue weighted by atomic mass is 10.2.